The molecule has 0 spiro atoms. The van der Waals surface area contributed by atoms with E-state index in [9.17, 15) is 9.90 Å². The maximum absolute atomic E-state index is 13.0. The number of benzene rings is 3. The summed E-state index contributed by atoms with van der Waals surface area (Å²) in [4.78, 5) is 13.0. The predicted molar refractivity (Wildman–Crippen MR) is 111 cm³/mol. The molecule has 3 aromatic carbocycles. The van der Waals surface area contributed by atoms with Crippen molar-refractivity contribution in [3.8, 4) is 17.2 Å². The monoisotopic (exact) mass is 456 g/mol. The third kappa shape index (κ3) is 3.48. The Morgan fingerprint density at radius 3 is 2.36 bits per heavy atom. The number of carbonyl (C=O) groups is 1. The molecular formula is C21H14BrClN2O3. The summed E-state index contributed by atoms with van der Waals surface area (Å²) in [6, 6.07) is 18.0. The fourth-order valence-corrected chi connectivity index (χ4v) is 3.94. The molecule has 1 aliphatic rings. The van der Waals surface area contributed by atoms with Gasteiger partial charge in [0.15, 0.2) is 0 Å². The van der Waals surface area contributed by atoms with Gasteiger partial charge in [-0.05, 0) is 40.2 Å². The molecule has 2 N–H and O–H groups in total. The molecule has 0 saturated carbocycles. The maximum Gasteiger partial charge on any atom is 0.252 e. The summed E-state index contributed by atoms with van der Waals surface area (Å²) in [5.41, 5.74) is 4.47. The highest BCUT2D eigenvalue weighted by Crippen LogP contribution is 2.43. The van der Waals surface area contributed by atoms with E-state index in [1.165, 1.54) is 6.21 Å². The van der Waals surface area contributed by atoms with E-state index in [0.29, 0.717) is 26.6 Å². The first-order valence-electron chi connectivity index (χ1n) is 8.41. The van der Waals surface area contributed by atoms with E-state index in [1.54, 1.807) is 12.1 Å². The van der Waals surface area contributed by atoms with Crippen LogP contribution in [0.3, 0.4) is 0 Å². The molecule has 0 aromatic heterocycles. The zero-order valence-electron chi connectivity index (χ0n) is 14.4. The van der Waals surface area contributed by atoms with Crippen molar-refractivity contribution in [2.75, 3.05) is 0 Å². The Balaban J connectivity index is 1.62. The molecule has 1 amide bonds. The van der Waals surface area contributed by atoms with Gasteiger partial charge in [0.05, 0.1) is 16.6 Å². The summed E-state index contributed by atoms with van der Waals surface area (Å²) in [5, 5.41) is 14.5. The number of para-hydroxylation sites is 2. The third-order valence-electron chi connectivity index (χ3n) is 4.38. The van der Waals surface area contributed by atoms with Crippen molar-refractivity contribution in [3.63, 3.8) is 0 Å². The zero-order valence-corrected chi connectivity index (χ0v) is 16.7. The number of nitrogens with zero attached hydrogens (tertiary/aromatic N) is 1. The van der Waals surface area contributed by atoms with E-state index in [0.717, 1.165) is 11.1 Å². The van der Waals surface area contributed by atoms with E-state index in [-0.39, 0.29) is 11.7 Å². The van der Waals surface area contributed by atoms with Crippen molar-refractivity contribution in [3.05, 3.63) is 86.8 Å². The van der Waals surface area contributed by atoms with Gasteiger partial charge in [0.25, 0.3) is 5.91 Å². The standard InChI is InChI=1S/C21H14BrClN2O3/c22-16-10-13(23)9-12(20(16)26)11-24-25-21(27)19-14-5-1-3-7-17(14)28-18-8-4-2-6-15(18)19/h1-11,19,26H,(H,25,27)/b24-11+. The second-order valence-corrected chi connectivity index (χ2v) is 7.46. The van der Waals surface area contributed by atoms with Crippen LogP contribution in [-0.4, -0.2) is 17.2 Å². The fourth-order valence-electron chi connectivity index (χ4n) is 3.11. The lowest BCUT2D eigenvalue weighted by molar-refractivity contribution is -0.121. The van der Waals surface area contributed by atoms with Crippen LogP contribution in [0.2, 0.25) is 5.02 Å². The summed E-state index contributed by atoms with van der Waals surface area (Å²) in [6.07, 6.45) is 1.35. The van der Waals surface area contributed by atoms with Crippen LogP contribution < -0.4 is 10.2 Å². The molecule has 0 radical (unpaired) electrons. The topological polar surface area (TPSA) is 70.9 Å². The van der Waals surface area contributed by atoms with Crippen LogP contribution in [0.25, 0.3) is 0 Å². The van der Waals surface area contributed by atoms with Crippen molar-refractivity contribution in [1.29, 1.82) is 0 Å². The number of hydrogen-bond acceptors (Lipinski definition) is 4. The molecular weight excluding hydrogens is 444 g/mol. The van der Waals surface area contributed by atoms with Crippen LogP contribution in [-0.2, 0) is 4.79 Å². The van der Waals surface area contributed by atoms with Gasteiger partial charge in [0.1, 0.15) is 17.2 Å². The Kier molecular flexibility index (Phi) is 5.07. The number of aromatic hydroxyl groups is 1. The highest BCUT2D eigenvalue weighted by molar-refractivity contribution is 9.10. The average molecular weight is 458 g/mol. The molecule has 4 rings (SSSR count). The minimum atomic E-state index is -0.557. The molecule has 0 unspecified atom stereocenters. The number of carbonyl (C=O) groups excluding carboxylic acids is 1. The molecule has 0 atom stereocenters. The van der Waals surface area contributed by atoms with E-state index >= 15 is 0 Å². The molecule has 1 heterocycles. The second kappa shape index (κ2) is 7.66. The smallest absolute Gasteiger partial charge is 0.252 e. The Bertz CT molecular complexity index is 1060. The number of hydrogen-bond donors (Lipinski definition) is 2. The van der Waals surface area contributed by atoms with E-state index < -0.39 is 5.92 Å². The lowest BCUT2D eigenvalue weighted by Crippen LogP contribution is -2.28. The second-order valence-electron chi connectivity index (χ2n) is 6.17. The molecule has 140 valence electrons. The number of rotatable bonds is 3. The molecule has 0 aliphatic carbocycles. The first kappa shape index (κ1) is 18.5. The summed E-state index contributed by atoms with van der Waals surface area (Å²) < 4.78 is 6.35. The van der Waals surface area contributed by atoms with Crippen LogP contribution in [0.1, 0.15) is 22.6 Å². The number of hydrazone groups is 1. The van der Waals surface area contributed by atoms with Crippen molar-refractivity contribution < 1.29 is 14.6 Å². The normalized spacial score (nSPS) is 12.9. The third-order valence-corrected chi connectivity index (χ3v) is 5.20. The van der Waals surface area contributed by atoms with Crippen LogP contribution in [0.5, 0.6) is 17.2 Å². The first-order chi connectivity index (χ1) is 13.5. The van der Waals surface area contributed by atoms with Gasteiger partial charge in [-0.1, -0.05) is 48.0 Å². The lowest BCUT2D eigenvalue weighted by Gasteiger charge is -2.26. The number of halogens is 2. The van der Waals surface area contributed by atoms with E-state index in [4.69, 9.17) is 16.3 Å². The molecule has 3 aromatic rings. The Hall–Kier alpha value is -2.83. The Labute approximate surface area is 174 Å². The van der Waals surface area contributed by atoms with Crippen LogP contribution in [0.15, 0.2) is 70.2 Å². The van der Waals surface area contributed by atoms with Gasteiger partial charge in [-0.3, -0.25) is 4.79 Å². The summed E-state index contributed by atoms with van der Waals surface area (Å²) >= 11 is 9.21. The number of phenolic OH excluding ortho intramolecular Hbond substituents is 1. The van der Waals surface area contributed by atoms with Crippen LogP contribution >= 0.6 is 27.5 Å². The van der Waals surface area contributed by atoms with Crippen LogP contribution in [0, 0.1) is 0 Å². The number of nitrogens with one attached hydrogen (secondary N) is 1. The number of phenols is 1. The molecule has 0 saturated heterocycles. The highest BCUT2D eigenvalue weighted by atomic mass is 79.9. The molecule has 1 aliphatic heterocycles. The largest absolute Gasteiger partial charge is 0.506 e. The summed E-state index contributed by atoms with van der Waals surface area (Å²) in [6.45, 7) is 0. The maximum atomic E-state index is 13.0. The van der Waals surface area contributed by atoms with Crippen molar-refractivity contribution >= 4 is 39.7 Å². The SMILES string of the molecule is O=C(N/N=C/c1cc(Cl)cc(Br)c1O)C1c2ccccc2Oc2ccccc21. The number of fused-ring (bicyclic) bond motifs is 2. The Morgan fingerprint density at radius 1 is 1.11 bits per heavy atom. The van der Waals surface area contributed by atoms with Gasteiger partial charge in [0.2, 0.25) is 0 Å². The molecule has 28 heavy (non-hydrogen) atoms. The average Bonchev–Trinajstić information content (AvgIpc) is 2.69. The van der Waals surface area contributed by atoms with Crippen molar-refractivity contribution in [2.45, 2.75) is 5.92 Å². The zero-order chi connectivity index (χ0) is 19.7. The van der Waals surface area contributed by atoms with E-state index in [2.05, 4.69) is 26.5 Å². The number of ether oxygens (including phenoxy) is 1. The van der Waals surface area contributed by atoms with Gasteiger partial charge in [-0.25, -0.2) is 5.43 Å². The fraction of sp³-hybridized carbons (Fsp3) is 0.0476. The minimum absolute atomic E-state index is 0.0100. The predicted octanol–water partition coefficient (Wildman–Crippen LogP) is 5.20. The van der Waals surface area contributed by atoms with Gasteiger partial charge in [0, 0.05) is 21.7 Å². The molecule has 0 fully saturated rings. The summed E-state index contributed by atoms with van der Waals surface area (Å²) in [7, 11) is 0. The highest BCUT2D eigenvalue weighted by Gasteiger charge is 2.32. The first-order valence-corrected chi connectivity index (χ1v) is 9.58. The molecule has 7 heteroatoms. The van der Waals surface area contributed by atoms with Crippen LogP contribution in [0.4, 0.5) is 0 Å². The quantitative estimate of drug-likeness (QED) is 0.420. The number of amides is 1. The van der Waals surface area contributed by atoms with Crippen molar-refractivity contribution in [2.24, 2.45) is 5.10 Å². The van der Waals surface area contributed by atoms with Gasteiger partial charge in [-0.2, -0.15) is 5.10 Å². The Morgan fingerprint density at radius 2 is 1.71 bits per heavy atom. The van der Waals surface area contributed by atoms with Crippen molar-refractivity contribution in [1.82, 2.24) is 5.43 Å². The minimum Gasteiger partial charge on any atom is -0.506 e. The van der Waals surface area contributed by atoms with Gasteiger partial charge >= 0.3 is 0 Å². The lowest BCUT2D eigenvalue weighted by atomic mass is 9.87. The molecule has 0 bridgehead atoms. The van der Waals surface area contributed by atoms with Gasteiger partial charge < -0.3 is 9.84 Å². The van der Waals surface area contributed by atoms with Gasteiger partial charge in [-0.15, -0.1) is 0 Å². The van der Waals surface area contributed by atoms with E-state index in [1.807, 2.05) is 48.5 Å². The molecule has 5 nitrogen and oxygen atoms in total. The summed E-state index contributed by atoms with van der Waals surface area (Å²) in [5.74, 6) is 0.408.